The molecule has 10 aromatic rings. The molecule has 0 aliphatic rings. The molecule has 10 rings (SSSR count). The summed E-state index contributed by atoms with van der Waals surface area (Å²) >= 11 is 0. The van der Waals surface area contributed by atoms with Crippen molar-refractivity contribution in [3.8, 4) is 11.3 Å². The van der Waals surface area contributed by atoms with E-state index in [0.717, 1.165) is 71.9 Å². The molecule has 0 spiro atoms. The maximum Gasteiger partial charge on any atom is 0.319 e. The molecule has 0 fully saturated rings. The Kier molecular flexibility index (Phi) is 7.34. The number of hydrogen-bond donors (Lipinski definition) is 0. The molecule has 0 aliphatic heterocycles. The predicted octanol–water partition coefficient (Wildman–Crippen LogP) is 12.3. The quantitative estimate of drug-likeness (QED) is 0.155. The van der Waals surface area contributed by atoms with E-state index >= 15 is 4.57 Å². The van der Waals surface area contributed by atoms with E-state index in [9.17, 15) is 0 Å². The van der Waals surface area contributed by atoms with Gasteiger partial charge in [-0.3, -0.25) is 13.2 Å². The van der Waals surface area contributed by atoms with Crippen LogP contribution in [0.1, 0.15) is 0 Å². The number of pyridine rings is 1. The minimum atomic E-state index is -3.83. The van der Waals surface area contributed by atoms with Crippen molar-refractivity contribution < 1.29 is 4.57 Å². The summed E-state index contributed by atoms with van der Waals surface area (Å²) in [4.78, 5) is 7.62. The minimum Gasteiger partial charge on any atom is -0.310 e. The highest BCUT2D eigenvalue weighted by Gasteiger charge is 2.37. The Morgan fingerprint density at radius 1 is 0.396 bits per heavy atom. The van der Waals surface area contributed by atoms with Crippen molar-refractivity contribution in [2.45, 2.75) is 0 Å². The molecule has 0 amide bonds. The van der Waals surface area contributed by atoms with Crippen LogP contribution < -0.4 is 10.3 Å². The molecule has 5 nitrogen and oxygen atoms in total. The highest BCUT2D eigenvalue weighted by atomic mass is 31.2. The van der Waals surface area contributed by atoms with Crippen molar-refractivity contribution in [2.24, 2.45) is 0 Å². The molecule has 0 aliphatic carbocycles. The molecule has 3 heterocycles. The second kappa shape index (κ2) is 12.5. The topological polar surface area (TPSA) is 43.1 Å². The molecule has 0 N–H and O–H groups in total. The molecule has 3 aromatic heterocycles. The summed E-state index contributed by atoms with van der Waals surface area (Å²) in [7, 11) is -3.83. The molecule has 0 saturated carbocycles. The summed E-state index contributed by atoms with van der Waals surface area (Å²) in [6.07, 6.45) is 0. The van der Waals surface area contributed by atoms with Gasteiger partial charge in [-0.15, -0.1) is 0 Å². The van der Waals surface area contributed by atoms with E-state index in [0.29, 0.717) is 5.44 Å². The number of aromatic nitrogens is 3. The lowest BCUT2D eigenvalue weighted by Crippen LogP contribution is -2.21. The molecule has 0 bridgehead atoms. The van der Waals surface area contributed by atoms with Crippen molar-refractivity contribution in [3.05, 3.63) is 200 Å². The average molecular weight is 701 g/mol. The van der Waals surface area contributed by atoms with Crippen LogP contribution >= 0.6 is 7.44 Å². The molecular weight excluding hydrogens is 668 g/mol. The highest BCUT2D eigenvalue weighted by Crippen LogP contribution is 2.56. The number of rotatable bonds is 7. The van der Waals surface area contributed by atoms with Crippen LogP contribution in [0.15, 0.2) is 200 Å². The van der Waals surface area contributed by atoms with Gasteiger partial charge in [0.2, 0.25) is 0 Å². The first-order valence-corrected chi connectivity index (χ1v) is 19.4. The lowest BCUT2D eigenvalue weighted by atomic mass is 10.1. The average Bonchev–Trinajstić information content (AvgIpc) is 3.76. The first-order chi connectivity index (χ1) is 26.2. The van der Waals surface area contributed by atoms with Crippen molar-refractivity contribution in [1.29, 1.82) is 0 Å². The Bertz CT molecular complexity index is 2740. The van der Waals surface area contributed by atoms with Crippen LogP contribution in [0.25, 0.3) is 54.9 Å². The van der Waals surface area contributed by atoms with Gasteiger partial charge in [0.1, 0.15) is 5.44 Å². The third-order valence-corrected chi connectivity index (χ3v) is 12.9. The fourth-order valence-electron chi connectivity index (χ4n) is 7.83. The fourth-order valence-corrected chi connectivity index (χ4v) is 10.8. The van der Waals surface area contributed by atoms with Gasteiger partial charge in [-0.1, -0.05) is 127 Å². The van der Waals surface area contributed by atoms with E-state index in [1.54, 1.807) is 0 Å². The molecule has 53 heavy (non-hydrogen) atoms. The SMILES string of the molecule is O=P(c1cccc(-c2cccc(N(c3ccccc3)c3ccccc3)c2)n1)(n1c2ccccc2c2ccccc21)n1c2ccccc2c2ccccc21. The number of anilines is 3. The Morgan fingerprint density at radius 3 is 1.26 bits per heavy atom. The van der Waals surface area contributed by atoms with Gasteiger partial charge < -0.3 is 4.90 Å². The summed E-state index contributed by atoms with van der Waals surface area (Å²) in [6, 6.07) is 68.2. The molecule has 7 aromatic carbocycles. The third kappa shape index (κ3) is 4.93. The van der Waals surface area contributed by atoms with Gasteiger partial charge in [0.05, 0.1) is 27.8 Å². The van der Waals surface area contributed by atoms with E-state index in [1.807, 2.05) is 78.9 Å². The number of hydrogen-bond acceptors (Lipinski definition) is 3. The molecule has 0 radical (unpaired) electrons. The van der Waals surface area contributed by atoms with Crippen molar-refractivity contribution >= 4 is 73.6 Å². The van der Waals surface area contributed by atoms with Crippen LogP contribution in [0.5, 0.6) is 0 Å². The zero-order chi connectivity index (χ0) is 35.4. The standard InChI is InChI=1S/C47H33N4OP/c52-53(50-43-28-11-7-23-38(43)39-24-8-12-29-44(39)50,51-45-30-13-9-25-40(45)41-26-10-14-31-46(41)51)47-32-16-27-42(48-47)34-17-15-22-37(33-34)49(35-18-3-1-4-19-35)36-20-5-2-6-21-36/h1-33H. The normalized spacial score (nSPS) is 11.8. The maximum absolute atomic E-state index is 17.0. The fraction of sp³-hybridized carbons (Fsp3) is 0. The molecule has 0 atom stereocenters. The first-order valence-electron chi connectivity index (χ1n) is 17.8. The smallest absolute Gasteiger partial charge is 0.310 e. The van der Waals surface area contributed by atoms with Gasteiger partial charge in [-0.25, -0.2) is 4.98 Å². The summed E-state index contributed by atoms with van der Waals surface area (Å²) in [5.41, 5.74) is 8.87. The number of para-hydroxylation sites is 6. The van der Waals surface area contributed by atoms with Crippen molar-refractivity contribution in [1.82, 2.24) is 13.7 Å². The van der Waals surface area contributed by atoms with Crippen LogP contribution in [0, 0.1) is 0 Å². The van der Waals surface area contributed by atoms with Crippen molar-refractivity contribution in [3.63, 3.8) is 0 Å². The molecule has 0 unspecified atom stereocenters. The Labute approximate surface area is 307 Å². The van der Waals surface area contributed by atoms with Crippen molar-refractivity contribution in [2.75, 3.05) is 4.90 Å². The van der Waals surface area contributed by atoms with E-state index in [-0.39, 0.29) is 0 Å². The van der Waals surface area contributed by atoms with E-state index in [2.05, 4.69) is 135 Å². The number of nitrogens with zero attached hydrogens (tertiary/aromatic N) is 4. The summed E-state index contributed by atoms with van der Waals surface area (Å²) in [5.74, 6) is 0. The molecule has 0 saturated heterocycles. The molecule has 252 valence electrons. The lowest BCUT2D eigenvalue weighted by Gasteiger charge is -2.26. The Balaban J connectivity index is 1.24. The Hall–Kier alpha value is -6.68. The van der Waals surface area contributed by atoms with Gasteiger partial charge >= 0.3 is 7.44 Å². The Morgan fingerprint density at radius 2 is 0.792 bits per heavy atom. The van der Waals surface area contributed by atoms with E-state index in [4.69, 9.17) is 4.98 Å². The summed E-state index contributed by atoms with van der Waals surface area (Å²) < 4.78 is 21.1. The zero-order valence-corrected chi connectivity index (χ0v) is 29.6. The summed E-state index contributed by atoms with van der Waals surface area (Å²) in [5, 5.41) is 4.20. The predicted molar refractivity (Wildman–Crippen MR) is 221 cm³/mol. The molecule has 6 heteroatoms. The van der Waals surface area contributed by atoms with Crippen LogP contribution in [0.4, 0.5) is 17.1 Å². The van der Waals surface area contributed by atoms with Gasteiger partial charge in [0.15, 0.2) is 0 Å². The van der Waals surface area contributed by atoms with Gasteiger partial charge in [-0.2, -0.15) is 0 Å². The lowest BCUT2D eigenvalue weighted by molar-refractivity contribution is 0.572. The van der Waals surface area contributed by atoms with Gasteiger partial charge in [-0.05, 0) is 72.8 Å². The van der Waals surface area contributed by atoms with Crippen LogP contribution in [0.2, 0.25) is 0 Å². The van der Waals surface area contributed by atoms with Crippen LogP contribution in [-0.2, 0) is 4.57 Å². The van der Waals surface area contributed by atoms with Crippen LogP contribution in [0.3, 0.4) is 0 Å². The zero-order valence-electron chi connectivity index (χ0n) is 28.7. The third-order valence-electron chi connectivity index (χ3n) is 10.1. The van der Waals surface area contributed by atoms with Gasteiger partial charge in [0.25, 0.3) is 0 Å². The van der Waals surface area contributed by atoms with Gasteiger partial charge in [0, 0.05) is 44.2 Å². The maximum atomic E-state index is 17.0. The highest BCUT2D eigenvalue weighted by molar-refractivity contribution is 7.69. The van der Waals surface area contributed by atoms with Crippen LogP contribution in [-0.4, -0.2) is 13.7 Å². The monoisotopic (exact) mass is 700 g/mol. The number of benzene rings is 7. The van der Waals surface area contributed by atoms with E-state index < -0.39 is 7.44 Å². The largest absolute Gasteiger partial charge is 0.319 e. The second-order valence-corrected chi connectivity index (χ2v) is 15.5. The number of fused-ring (bicyclic) bond motifs is 6. The second-order valence-electron chi connectivity index (χ2n) is 13.2. The minimum absolute atomic E-state index is 0.501. The molecular formula is C47H33N4OP. The first kappa shape index (κ1) is 31.1. The van der Waals surface area contributed by atoms with E-state index in [1.165, 1.54) is 0 Å². The summed E-state index contributed by atoms with van der Waals surface area (Å²) in [6.45, 7) is 0.